The van der Waals surface area contributed by atoms with Crippen molar-refractivity contribution in [2.75, 3.05) is 12.4 Å². The van der Waals surface area contributed by atoms with Crippen molar-refractivity contribution in [1.29, 1.82) is 0 Å². The first kappa shape index (κ1) is 23.8. The number of nitrogens with zero attached hydrogens (tertiary/aromatic N) is 1. The molecule has 0 unspecified atom stereocenters. The van der Waals surface area contributed by atoms with Crippen LogP contribution in [-0.4, -0.2) is 35.2 Å². The lowest BCUT2D eigenvalue weighted by atomic mass is 9.87. The van der Waals surface area contributed by atoms with E-state index in [9.17, 15) is 14.0 Å². The first-order valence-electron chi connectivity index (χ1n) is 11.6. The second-order valence-corrected chi connectivity index (χ2v) is 9.27. The average Bonchev–Trinajstić information content (AvgIpc) is 2.79. The number of halogens is 2. The van der Waals surface area contributed by atoms with E-state index in [-0.39, 0.29) is 29.6 Å². The first-order chi connectivity index (χ1) is 15.0. The molecule has 1 fully saturated rings. The number of allylic oxidation sites excluding steroid dienone is 1. The van der Waals surface area contributed by atoms with Crippen LogP contribution in [0.3, 0.4) is 0 Å². The van der Waals surface area contributed by atoms with Crippen molar-refractivity contribution < 1.29 is 14.0 Å². The molecule has 0 saturated heterocycles. The van der Waals surface area contributed by atoms with E-state index in [0.29, 0.717) is 18.0 Å². The van der Waals surface area contributed by atoms with Gasteiger partial charge in [0.05, 0.1) is 0 Å². The zero-order valence-corrected chi connectivity index (χ0v) is 19.2. The molecule has 2 aliphatic carbocycles. The van der Waals surface area contributed by atoms with Gasteiger partial charge in [-0.15, -0.1) is 11.6 Å². The van der Waals surface area contributed by atoms with Crippen molar-refractivity contribution >= 4 is 23.4 Å². The van der Waals surface area contributed by atoms with E-state index in [0.717, 1.165) is 51.4 Å². The fourth-order valence-electron chi connectivity index (χ4n) is 4.67. The standard InChI is InChI=1S/C25H34ClFN2O2/c1-18-7-13-22(14-8-18)28-25(31)24(20-9-11-21(27)12-10-20)29(23(30)17-26)16-15-19-5-3-2-4-6-19/h5,9-12,18,22,24H,2-4,6-8,13-17H2,1H3,(H,28,31)/t18?,22?,24-/m0/s1. The molecular weight excluding hydrogens is 415 g/mol. The number of benzene rings is 1. The third-order valence-corrected chi connectivity index (χ3v) is 6.83. The summed E-state index contributed by atoms with van der Waals surface area (Å²) in [4.78, 5) is 27.8. The van der Waals surface area contributed by atoms with E-state index < -0.39 is 6.04 Å². The van der Waals surface area contributed by atoms with Crippen LogP contribution in [0.2, 0.25) is 0 Å². The number of rotatable bonds is 8. The van der Waals surface area contributed by atoms with Gasteiger partial charge in [0.2, 0.25) is 11.8 Å². The quantitative estimate of drug-likeness (QED) is 0.420. The smallest absolute Gasteiger partial charge is 0.247 e. The van der Waals surface area contributed by atoms with Crippen molar-refractivity contribution in [1.82, 2.24) is 10.2 Å². The van der Waals surface area contributed by atoms with Crippen molar-refractivity contribution in [2.45, 2.75) is 76.8 Å². The van der Waals surface area contributed by atoms with Crippen LogP contribution < -0.4 is 5.32 Å². The summed E-state index contributed by atoms with van der Waals surface area (Å²) in [5, 5.41) is 3.17. The summed E-state index contributed by atoms with van der Waals surface area (Å²) in [6, 6.07) is 5.17. The molecule has 0 aliphatic heterocycles. The molecule has 170 valence electrons. The zero-order chi connectivity index (χ0) is 22.2. The molecule has 31 heavy (non-hydrogen) atoms. The van der Waals surface area contributed by atoms with E-state index in [2.05, 4.69) is 18.3 Å². The summed E-state index contributed by atoms with van der Waals surface area (Å²) in [6.07, 6.45) is 11.5. The molecule has 0 radical (unpaired) electrons. The molecule has 0 heterocycles. The van der Waals surface area contributed by atoms with E-state index in [1.807, 2.05) is 0 Å². The molecule has 2 amide bonds. The fourth-order valence-corrected chi connectivity index (χ4v) is 4.83. The third-order valence-electron chi connectivity index (χ3n) is 6.60. The fraction of sp³-hybridized carbons (Fsp3) is 0.600. The van der Waals surface area contributed by atoms with E-state index in [1.54, 1.807) is 17.0 Å². The SMILES string of the molecule is CC1CCC(NC(=O)[C@H](c2ccc(F)cc2)N(CCC2=CCCCC2)C(=O)CCl)CC1. The van der Waals surface area contributed by atoms with Crippen LogP contribution in [0.25, 0.3) is 0 Å². The Morgan fingerprint density at radius 1 is 1.16 bits per heavy atom. The molecule has 4 nitrogen and oxygen atoms in total. The van der Waals surface area contributed by atoms with Crippen LogP contribution in [0, 0.1) is 11.7 Å². The molecule has 0 aromatic heterocycles. The molecule has 0 spiro atoms. The van der Waals surface area contributed by atoms with E-state index in [4.69, 9.17) is 11.6 Å². The molecule has 6 heteroatoms. The van der Waals surface area contributed by atoms with Crippen molar-refractivity contribution in [3.05, 3.63) is 47.3 Å². The maximum Gasteiger partial charge on any atom is 0.247 e. The Balaban J connectivity index is 1.81. The Hall–Kier alpha value is -1.88. The lowest BCUT2D eigenvalue weighted by Crippen LogP contribution is -2.48. The molecule has 1 aromatic rings. The normalized spacial score (nSPS) is 22.4. The summed E-state index contributed by atoms with van der Waals surface area (Å²) in [5.41, 5.74) is 1.94. The van der Waals surface area contributed by atoms with Gasteiger partial charge in [-0.2, -0.15) is 0 Å². The lowest BCUT2D eigenvalue weighted by Gasteiger charge is -2.34. The van der Waals surface area contributed by atoms with Crippen LogP contribution in [0.1, 0.15) is 76.3 Å². The molecule has 3 rings (SSSR count). The van der Waals surface area contributed by atoms with Gasteiger partial charge in [0.15, 0.2) is 0 Å². The third kappa shape index (κ3) is 6.80. The van der Waals surface area contributed by atoms with Crippen LogP contribution in [-0.2, 0) is 9.59 Å². The maximum absolute atomic E-state index is 13.6. The number of hydrogen-bond acceptors (Lipinski definition) is 2. The summed E-state index contributed by atoms with van der Waals surface area (Å²) in [5.74, 6) is -0.363. The Morgan fingerprint density at radius 3 is 2.48 bits per heavy atom. The largest absolute Gasteiger partial charge is 0.351 e. The molecule has 1 aromatic carbocycles. The topological polar surface area (TPSA) is 49.4 Å². The summed E-state index contributed by atoms with van der Waals surface area (Å²) < 4.78 is 13.6. The Kier molecular flexibility index (Phi) is 8.94. The molecular formula is C25H34ClFN2O2. The minimum atomic E-state index is -0.810. The number of amides is 2. The van der Waals surface area contributed by atoms with Crippen LogP contribution in [0.5, 0.6) is 0 Å². The van der Waals surface area contributed by atoms with Gasteiger partial charge >= 0.3 is 0 Å². The second-order valence-electron chi connectivity index (χ2n) is 9.00. The highest BCUT2D eigenvalue weighted by molar-refractivity contribution is 6.27. The van der Waals surface area contributed by atoms with Gasteiger partial charge in [-0.1, -0.05) is 30.7 Å². The highest BCUT2D eigenvalue weighted by atomic mass is 35.5. The molecule has 1 N–H and O–H groups in total. The van der Waals surface area contributed by atoms with Gasteiger partial charge in [0.1, 0.15) is 17.7 Å². The summed E-state index contributed by atoms with van der Waals surface area (Å²) >= 11 is 5.94. The van der Waals surface area contributed by atoms with Crippen LogP contribution in [0.4, 0.5) is 4.39 Å². The number of carbonyl (C=O) groups excluding carboxylic acids is 2. The predicted molar refractivity (Wildman–Crippen MR) is 122 cm³/mol. The van der Waals surface area contributed by atoms with Crippen molar-refractivity contribution in [3.63, 3.8) is 0 Å². The Bertz CT molecular complexity index is 772. The number of nitrogens with one attached hydrogen (secondary N) is 1. The highest BCUT2D eigenvalue weighted by Gasteiger charge is 2.33. The summed E-state index contributed by atoms with van der Waals surface area (Å²) in [7, 11) is 0. The monoisotopic (exact) mass is 448 g/mol. The Labute approximate surface area is 190 Å². The van der Waals surface area contributed by atoms with Gasteiger partial charge in [-0.05, 0) is 81.4 Å². The van der Waals surface area contributed by atoms with Gasteiger partial charge in [0, 0.05) is 12.6 Å². The van der Waals surface area contributed by atoms with Gasteiger partial charge < -0.3 is 10.2 Å². The number of carbonyl (C=O) groups is 2. The number of hydrogen-bond donors (Lipinski definition) is 1. The molecule has 1 saturated carbocycles. The highest BCUT2D eigenvalue weighted by Crippen LogP contribution is 2.28. The van der Waals surface area contributed by atoms with E-state index >= 15 is 0 Å². The Morgan fingerprint density at radius 2 is 1.87 bits per heavy atom. The van der Waals surface area contributed by atoms with Gasteiger partial charge in [-0.25, -0.2) is 4.39 Å². The molecule has 1 atom stereocenters. The predicted octanol–water partition coefficient (Wildman–Crippen LogP) is 5.52. The van der Waals surface area contributed by atoms with Crippen molar-refractivity contribution in [3.8, 4) is 0 Å². The first-order valence-corrected chi connectivity index (χ1v) is 12.1. The average molecular weight is 449 g/mol. The molecule has 0 bridgehead atoms. The lowest BCUT2D eigenvalue weighted by molar-refractivity contribution is -0.139. The summed E-state index contributed by atoms with van der Waals surface area (Å²) in [6.45, 7) is 2.66. The van der Waals surface area contributed by atoms with Crippen molar-refractivity contribution in [2.24, 2.45) is 5.92 Å². The van der Waals surface area contributed by atoms with Gasteiger partial charge in [-0.3, -0.25) is 9.59 Å². The van der Waals surface area contributed by atoms with Crippen LogP contribution in [0.15, 0.2) is 35.9 Å². The zero-order valence-electron chi connectivity index (χ0n) is 18.4. The molecule has 2 aliphatic rings. The minimum absolute atomic E-state index is 0.112. The van der Waals surface area contributed by atoms with E-state index in [1.165, 1.54) is 24.1 Å². The second kappa shape index (κ2) is 11.7. The van der Waals surface area contributed by atoms with Gasteiger partial charge in [0.25, 0.3) is 0 Å². The maximum atomic E-state index is 13.6. The van der Waals surface area contributed by atoms with Crippen LogP contribution >= 0.6 is 11.6 Å². The number of alkyl halides is 1. The minimum Gasteiger partial charge on any atom is -0.351 e.